The monoisotopic (exact) mass is 311 g/mol. The normalized spacial score (nSPS) is 19.7. The van der Waals surface area contributed by atoms with Crippen molar-refractivity contribution in [1.29, 1.82) is 0 Å². The molecular formula is C16H20F3N3. The predicted molar refractivity (Wildman–Crippen MR) is 79.4 cm³/mol. The highest BCUT2D eigenvalue weighted by Crippen LogP contribution is 2.37. The van der Waals surface area contributed by atoms with Crippen molar-refractivity contribution in [2.45, 2.75) is 39.4 Å². The fourth-order valence-electron chi connectivity index (χ4n) is 3.39. The molecule has 2 aromatic heterocycles. The molecule has 0 saturated carbocycles. The van der Waals surface area contributed by atoms with E-state index < -0.39 is 11.9 Å². The van der Waals surface area contributed by atoms with Gasteiger partial charge in [-0.15, -0.1) is 0 Å². The highest BCUT2D eigenvalue weighted by atomic mass is 19.4. The molecule has 0 spiro atoms. The lowest BCUT2D eigenvalue weighted by Crippen LogP contribution is -2.39. The molecule has 1 aliphatic heterocycles. The highest BCUT2D eigenvalue weighted by molar-refractivity contribution is 5.81. The van der Waals surface area contributed by atoms with Crippen LogP contribution in [0.4, 0.5) is 13.2 Å². The van der Waals surface area contributed by atoms with Crippen molar-refractivity contribution in [2.24, 2.45) is 5.41 Å². The third-order valence-electron chi connectivity index (χ3n) is 4.32. The number of likely N-dealkylation sites (tertiary alicyclic amines) is 1. The Balaban J connectivity index is 1.98. The van der Waals surface area contributed by atoms with E-state index in [4.69, 9.17) is 0 Å². The molecule has 1 fully saturated rings. The first-order valence-corrected chi connectivity index (χ1v) is 7.51. The average molecular weight is 311 g/mol. The standard InChI is InChI=1S/C16H20F3N3/c1-15(2)6-4-8-22(10-15)9-12-11-5-3-7-20-14(11)21-13(12)16(17,18)19/h3,5,7H,4,6,8-10H2,1-2H3,(H,20,21). The summed E-state index contributed by atoms with van der Waals surface area (Å²) < 4.78 is 39.9. The minimum Gasteiger partial charge on any atom is -0.335 e. The quantitative estimate of drug-likeness (QED) is 0.901. The summed E-state index contributed by atoms with van der Waals surface area (Å²) in [6, 6.07) is 3.39. The number of hydrogen-bond donors (Lipinski definition) is 1. The van der Waals surface area contributed by atoms with Gasteiger partial charge >= 0.3 is 6.18 Å². The number of aromatic amines is 1. The average Bonchev–Trinajstić information content (AvgIpc) is 2.77. The van der Waals surface area contributed by atoms with Gasteiger partial charge in [0.05, 0.1) is 0 Å². The number of rotatable bonds is 2. The van der Waals surface area contributed by atoms with E-state index >= 15 is 0 Å². The molecule has 1 saturated heterocycles. The first-order valence-electron chi connectivity index (χ1n) is 7.51. The van der Waals surface area contributed by atoms with Gasteiger partial charge in [0.15, 0.2) is 0 Å². The number of piperidine rings is 1. The number of pyridine rings is 1. The van der Waals surface area contributed by atoms with Crippen LogP contribution < -0.4 is 0 Å². The van der Waals surface area contributed by atoms with Crippen LogP contribution in [-0.4, -0.2) is 28.0 Å². The molecule has 3 heterocycles. The molecule has 1 aliphatic rings. The molecular weight excluding hydrogens is 291 g/mol. The molecule has 2 aromatic rings. The summed E-state index contributed by atoms with van der Waals surface area (Å²) in [5.41, 5.74) is 0.111. The van der Waals surface area contributed by atoms with Gasteiger partial charge in [0.1, 0.15) is 11.3 Å². The molecule has 6 heteroatoms. The van der Waals surface area contributed by atoms with Crippen LogP contribution in [0.15, 0.2) is 18.3 Å². The largest absolute Gasteiger partial charge is 0.431 e. The Morgan fingerprint density at radius 3 is 2.82 bits per heavy atom. The molecule has 0 unspecified atom stereocenters. The van der Waals surface area contributed by atoms with Crippen LogP contribution in [-0.2, 0) is 12.7 Å². The number of nitrogens with one attached hydrogen (secondary N) is 1. The molecule has 1 N–H and O–H groups in total. The summed E-state index contributed by atoms with van der Waals surface area (Å²) in [6.45, 7) is 6.30. The van der Waals surface area contributed by atoms with E-state index in [1.54, 1.807) is 12.1 Å². The number of alkyl halides is 3. The number of fused-ring (bicyclic) bond motifs is 1. The van der Waals surface area contributed by atoms with Crippen LogP contribution >= 0.6 is 0 Å². The lowest BCUT2D eigenvalue weighted by molar-refractivity contribution is -0.141. The summed E-state index contributed by atoms with van der Waals surface area (Å²) in [6.07, 6.45) is -0.742. The number of nitrogens with zero attached hydrogens (tertiary/aromatic N) is 2. The van der Waals surface area contributed by atoms with Crippen LogP contribution in [0.5, 0.6) is 0 Å². The molecule has 3 rings (SSSR count). The fourth-order valence-corrected chi connectivity index (χ4v) is 3.39. The van der Waals surface area contributed by atoms with Gasteiger partial charge < -0.3 is 4.98 Å². The maximum atomic E-state index is 13.3. The van der Waals surface area contributed by atoms with Crippen LogP contribution in [0.2, 0.25) is 0 Å². The SMILES string of the molecule is CC1(C)CCCN(Cc2c(C(F)(F)F)[nH]c3ncccc23)C1. The van der Waals surface area contributed by atoms with E-state index in [0.717, 1.165) is 25.9 Å². The lowest BCUT2D eigenvalue weighted by atomic mass is 9.84. The van der Waals surface area contributed by atoms with Crippen LogP contribution in [0.25, 0.3) is 11.0 Å². The maximum Gasteiger partial charge on any atom is 0.431 e. The van der Waals surface area contributed by atoms with Gasteiger partial charge in [0.2, 0.25) is 0 Å². The van der Waals surface area contributed by atoms with Gasteiger partial charge in [-0.1, -0.05) is 13.8 Å². The lowest BCUT2D eigenvalue weighted by Gasteiger charge is -2.38. The smallest absolute Gasteiger partial charge is 0.335 e. The molecule has 22 heavy (non-hydrogen) atoms. The van der Waals surface area contributed by atoms with Crippen molar-refractivity contribution in [3.63, 3.8) is 0 Å². The summed E-state index contributed by atoms with van der Waals surface area (Å²) in [5, 5.41) is 0.568. The van der Waals surface area contributed by atoms with E-state index in [-0.39, 0.29) is 5.41 Å². The number of halogens is 3. The Hall–Kier alpha value is -1.56. The minimum atomic E-state index is -4.39. The van der Waals surface area contributed by atoms with Gasteiger partial charge in [-0.05, 0) is 36.9 Å². The molecule has 0 radical (unpaired) electrons. The second-order valence-electron chi connectivity index (χ2n) is 6.85. The third kappa shape index (κ3) is 2.97. The van der Waals surface area contributed by atoms with Crippen LogP contribution in [0.3, 0.4) is 0 Å². The van der Waals surface area contributed by atoms with Crippen LogP contribution in [0, 0.1) is 5.41 Å². The zero-order valence-electron chi connectivity index (χ0n) is 12.8. The summed E-state index contributed by atoms with van der Waals surface area (Å²) in [5.74, 6) is 0. The second kappa shape index (κ2) is 5.26. The van der Waals surface area contributed by atoms with Gasteiger partial charge in [-0.3, -0.25) is 4.90 Å². The zero-order chi connectivity index (χ0) is 16.0. The topological polar surface area (TPSA) is 31.9 Å². The van der Waals surface area contributed by atoms with Crippen molar-refractivity contribution in [3.05, 3.63) is 29.6 Å². The van der Waals surface area contributed by atoms with Crippen molar-refractivity contribution in [3.8, 4) is 0 Å². The maximum absolute atomic E-state index is 13.3. The fraction of sp³-hybridized carbons (Fsp3) is 0.562. The number of H-pyrrole nitrogens is 1. The highest BCUT2D eigenvalue weighted by Gasteiger charge is 2.37. The van der Waals surface area contributed by atoms with Crippen molar-refractivity contribution in [2.75, 3.05) is 13.1 Å². The van der Waals surface area contributed by atoms with Crippen molar-refractivity contribution in [1.82, 2.24) is 14.9 Å². The summed E-state index contributed by atoms with van der Waals surface area (Å²) in [7, 11) is 0. The molecule has 120 valence electrons. The van der Waals surface area contributed by atoms with Crippen LogP contribution in [0.1, 0.15) is 37.9 Å². The number of hydrogen-bond acceptors (Lipinski definition) is 2. The van der Waals surface area contributed by atoms with E-state index in [1.165, 1.54) is 6.20 Å². The third-order valence-corrected chi connectivity index (χ3v) is 4.32. The Morgan fingerprint density at radius 2 is 2.14 bits per heavy atom. The van der Waals surface area contributed by atoms with E-state index in [0.29, 0.717) is 23.1 Å². The van der Waals surface area contributed by atoms with Gasteiger partial charge in [-0.2, -0.15) is 13.2 Å². The van der Waals surface area contributed by atoms with E-state index in [9.17, 15) is 13.2 Å². The van der Waals surface area contributed by atoms with Crippen molar-refractivity contribution < 1.29 is 13.2 Å². The predicted octanol–water partition coefficient (Wildman–Crippen LogP) is 4.20. The molecule has 0 atom stereocenters. The molecule has 0 aliphatic carbocycles. The zero-order valence-corrected chi connectivity index (χ0v) is 12.8. The second-order valence-corrected chi connectivity index (χ2v) is 6.85. The Bertz CT molecular complexity index is 673. The van der Waals surface area contributed by atoms with E-state index in [1.807, 2.05) is 0 Å². The Labute approximate surface area is 127 Å². The summed E-state index contributed by atoms with van der Waals surface area (Å²) in [4.78, 5) is 8.59. The molecule has 3 nitrogen and oxygen atoms in total. The van der Waals surface area contributed by atoms with Gasteiger partial charge in [-0.25, -0.2) is 4.98 Å². The summed E-state index contributed by atoms with van der Waals surface area (Å²) >= 11 is 0. The molecule has 0 bridgehead atoms. The Morgan fingerprint density at radius 1 is 1.36 bits per heavy atom. The minimum absolute atomic E-state index is 0.154. The molecule has 0 aromatic carbocycles. The first kappa shape index (κ1) is 15.3. The van der Waals surface area contributed by atoms with Gasteiger partial charge in [0.25, 0.3) is 0 Å². The Kier molecular flexibility index (Phi) is 3.67. The van der Waals surface area contributed by atoms with Crippen molar-refractivity contribution >= 4 is 11.0 Å². The van der Waals surface area contributed by atoms with Gasteiger partial charge in [0, 0.05) is 30.2 Å². The molecule has 0 amide bonds. The van der Waals surface area contributed by atoms with E-state index in [2.05, 4.69) is 28.7 Å². The number of aromatic nitrogens is 2. The first-order chi connectivity index (χ1) is 10.3.